The summed E-state index contributed by atoms with van der Waals surface area (Å²) in [5, 5.41) is 2.33. The van der Waals surface area contributed by atoms with Gasteiger partial charge in [-0.1, -0.05) is 18.2 Å². The number of nitrogens with one attached hydrogen (secondary N) is 1. The first kappa shape index (κ1) is 17.3. The molecule has 1 amide bonds. The van der Waals surface area contributed by atoms with E-state index in [9.17, 15) is 18.8 Å². The molecule has 0 unspecified atom stereocenters. The predicted octanol–water partition coefficient (Wildman–Crippen LogP) is 3.08. The van der Waals surface area contributed by atoms with Crippen LogP contribution in [0.3, 0.4) is 0 Å². The number of ketones is 1. The van der Waals surface area contributed by atoms with Crippen LogP contribution in [0.1, 0.15) is 27.8 Å². The third kappa shape index (κ3) is 3.46. The summed E-state index contributed by atoms with van der Waals surface area (Å²) in [4.78, 5) is 35.9. The number of hydrogen-bond donors (Lipinski definition) is 1. The minimum absolute atomic E-state index is 0.00160. The van der Waals surface area contributed by atoms with E-state index in [2.05, 4.69) is 5.32 Å². The summed E-state index contributed by atoms with van der Waals surface area (Å²) in [5.41, 5.74) is 1.01. The highest BCUT2D eigenvalue weighted by atomic mass is 19.1. The summed E-state index contributed by atoms with van der Waals surface area (Å²) in [6.07, 6.45) is 1.66. The largest absolute Gasteiger partial charge is 0.452 e. The Morgan fingerprint density at radius 3 is 2.58 bits per heavy atom. The molecule has 26 heavy (non-hydrogen) atoms. The topological polar surface area (TPSA) is 76.9 Å². The van der Waals surface area contributed by atoms with Crippen LogP contribution in [0.5, 0.6) is 0 Å². The van der Waals surface area contributed by atoms with Crippen molar-refractivity contribution in [1.29, 1.82) is 0 Å². The number of esters is 1. The van der Waals surface area contributed by atoms with E-state index in [1.807, 2.05) is 0 Å². The SMILES string of the molecule is CC(=O)c1cc(C(=O)OCC(=O)Nc2ccccc2F)c2ccccn12. The van der Waals surface area contributed by atoms with Crippen molar-refractivity contribution >= 4 is 28.9 Å². The van der Waals surface area contributed by atoms with Gasteiger partial charge in [-0.15, -0.1) is 0 Å². The van der Waals surface area contributed by atoms with E-state index >= 15 is 0 Å². The number of hydrogen-bond acceptors (Lipinski definition) is 4. The molecule has 0 radical (unpaired) electrons. The lowest BCUT2D eigenvalue weighted by atomic mass is 10.2. The molecule has 2 heterocycles. The smallest absolute Gasteiger partial charge is 0.340 e. The average molecular weight is 354 g/mol. The van der Waals surface area contributed by atoms with Crippen molar-refractivity contribution in [2.45, 2.75) is 6.92 Å². The fraction of sp³-hybridized carbons (Fsp3) is 0.105. The van der Waals surface area contributed by atoms with Crippen LogP contribution in [-0.4, -0.2) is 28.7 Å². The minimum atomic E-state index is -0.745. The Kier molecular flexibility index (Phi) is 4.79. The molecule has 132 valence electrons. The number of aromatic nitrogens is 1. The van der Waals surface area contributed by atoms with E-state index in [0.717, 1.165) is 0 Å². The van der Waals surface area contributed by atoms with Crippen LogP contribution >= 0.6 is 0 Å². The summed E-state index contributed by atoms with van der Waals surface area (Å²) < 4.78 is 20.1. The molecule has 3 rings (SSSR count). The van der Waals surface area contributed by atoms with Gasteiger partial charge in [0.05, 0.1) is 22.5 Å². The van der Waals surface area contributed by atoms with Gasteiger partial charge in [-0.05, 0) is 30.3 Å². The third-order valence-electron chi connectivity index (χ3n) is 3.74. The third-order valence-corrected chi connectivity index (χ3v) is 3.74. The molecule has 7 heteroatoms. The zero-order valence-electron chi connectivity index (χ0n) is 13.9. The van der Waals surface area contributed by atoms with E-state index < -0.39 is 24.3 Å². The van der Waals surface area contributed by atoms with Gasteiger partial charge in [0.25, 0.3) is 5.91 Å². The zero-order valence-corrected chi connectivity index (χ0v) is 13.9. The molecule has 6 nitrogen and oxygen atoms in total. The fourth-order valence-electron chi connectivity index (χ4n) is 2.55. The molecule has 0 fully saturated rings. The number of halogens is 1. The Balaban J connectivity index is 1.73. The molecule has 0 saturated carbocycles. The van der Waals surface area contributed by atoms with Crippen LogP contribution in [0.4, 0.5) is 10.1 Å². The molecule has 1 aromatic carbocycles. The van der Waals surface area contributed by atoms with E-state index in [4.69, 9.17) is 4.74 Å². The van der Waals surface area contributed by atoms with Crippen LogP contribution in [0.25, 0.3) is 5.52 Å². The Hall–Kier alpha value is -3.48. The zero-order chi connectivity index (χ0) is 18.7. The van der Waals surface area contributed by atoms with Gasteiger partial charge in [0.1, 0.15) is 5.82 Å². The monoisotopic (exact) mass is 354 g/mol. The van der Waals surface area contributed by atoms with E-state index in [1.54, 1.807) is 34.9 Å². The second kappa shape index (κ2) is 7.18. The number of carbonyl (C=O) groups excluding carboxylic acids is 3. The number of Topliss-reactive ketones (excluding diaryl/α,β-unsaturated/α-hetero) is 1. The fourth-order valence-corrected chi connectivity index (χ4v) is 2.55. The van der Waals surface area contributed by atoms with Gasteiger partial charge < -0.3 is 14.5 Å². The first-order chi connectivity index (χ1) is 12.5. The van der Waals surface area contributed by atoms with Crippen molar-refractivity contribution in [2.24, 2.45) is 0 Å². The maximum absolute atomic E-state index is 13.5. The molecule has 0 aliphatic carbocycles. The minimum Gasteiger partial charge on any atom is -0.452 e. The summed E-state index contributed by atoms with van der Waals surface area (Å²) in [6.45, 7) is 0.818. The molecular formula is C19H15FN2O4. The van der Waals surface area contributed by atoms with Crippen LogP contribution in [0.15, 0.2) is 54.7 Å². The maximum atomic E-state index is 13.5. The second-order valence-electron chi connectivity index (χ2n) is 5.56. The van der Waals surface area contributed by atoms with E-state index in [-0.39, 0.29) is 17.0 Å². The molecular weight excluding hydrogens is 339 g/mol. The first-order valence-electron chi connectivity index (χ1n) is 7.80. The van der Waals surface area contributed by atoms with Gasteiger partial charge in [0.15, 0.2) is 12.4 Å². The van der Waals surface area contributed by atoms with E-state index in [0.29, 0.717) is 11.2 Å². The Labute approximate surface area is 148 Å². The summed E-state index contributed by atoms with van der Waals surface area (Å²) in [5.74, 6) is -2.21. The molecule has 2 aromatic heterocycles. The van der Waals surface area contributed by atoms with Crippen molar-refractivity contribution in [1.82, 2.24) is 4.40 Å². The lowest BCUT2D eigenvalue weighted by molar-refractivity contribution is -0.119. The molecule has 0 aliphatic rings. The standard InChI is InChI=1S/C19H15FN2O4/c1-12(23)17-10-13(16-8-4-5-9-22(16)17)19(25)26-11-18(24)21-15-7-3-2-6-14(15)20/h2-10H,11H2,1H3,(H,21,24). The normalized spacial score (nSPS) is 10.5. The number of amides is 1. The van der Waals surface area contributed by atoms with Crippen molar-refractivity contribution in [3.63, 3.8) is 0 Å². The van der Waals surface area contributed by atoms with Crippen LogP contribution < -0.4 is 5.32 Å². The quantitative estimate of drug-likeness (QED) is 0.564. The van der Waals surface area contributed by atoms with Gasteiger partial charge >= 0.3 is 5.97 Å². The molecule has 3 aromatic rings. The van der Waals surface area contributed by atoms with Crippen molar-refractivity contribution < 1.29 is 23.5 Å². The number of para-hydroxylation sites is 1. The number of pyridine rings is 1. The Morgan fingerprint density at radius 1 is 1.12 bits per heavy atom. The number of carbonyl (C=O) groups is 3. The highest BCUT2D eigenvalue weighted by molar-refractivity contribution is 6.04. The van der Waals surface area contributed by atoms with Crippen LogP contribution in [-0.2, 0) is 9.53 Å². The Bertz CT molecular complexity index is 1010. The van der Waals surface area contributed by atoms with Gasteiger partial charge in [0, 0.05) is 13.1 Å². The molecule has 0 saturated heterocycles. The number of ether oxygens (including phenoxy) is 1. The maximum Gasteiger partial charge on any atom is 0.340 e. The number of benzene rings is 1. The number of fused-ring (bicyclic) bond motifs is 1. The second-order valence-corrected chi connectivity index (χ2v) is 5.56. The highest BCUT2D eigenvalue weighted by Crippen LogP contribution is 2.19. The van der Waals surface area contributed by atoms with Gasteiger partial charge in [0.2, 0.25) is 0 Å². The average Bonchev–Trinajstić information content (AvgIpc) is 3.02. The van der Waals surface area contributed by atoms with Crippen molar-refractivity contribution in [3.05, 3.63) is 71.8 Å². The predicted molar refractivity (Wildman–Crippen MR) is 92.7 cm³/mol. The number of anilines is 1. The number of nitrogens with zero attached hydrogens (tertiary/aromatic N) is 1. The summed E-state index contributed by atoms with van der Waals surface area (Å²) >= 11 is 0. The van der Waals surface area contributed by atoms with Gasteiger partial charge in [-0.3, -0.25) is 9.59 Å². The van der Waals surface area contributed by atoms with Gasteiger partial charge in [-0.25, -0.2) is 9.18 Å². The van der Waals surface area contributed by atoms with E-state index in [1.165, 1.54) is 31.2 Å². The lowest BCUT2D eigenvalue weighted by Gasteiger charge is -2.07. The van der Waals surface area contributed by atoms with Crippen LogP contribution in [0, 0.1) is 5.82 Å². The lowest BCUT2D eigenvalue weighted by Crippen LogP contribution is -2.21. The Morgan fingerprint density at radius 2 is 1.85 bits per heavy atom. The van der Waals surface area contributed by atoms with Gasteiger partial charge in [-0.2, -0.15) is 0 Å². The summed E-state index contributed by atoms with van der Waals surface area (Å²) in [7, 11) is 0. The van der Waals surface area contributed by atoms with Crippen LogP contribution in [0.2, 0.25) is 0 Å². The van der Waals surface area contributed by atoms with Crippen molar-refractivity contribution in [3.8, 4) is 0 Å². The molecule has 1 N–H and O–H groups in total. The molecule has 0 atom stereocenters. The molecule has 0 bridgehead atoms. The first-order valence-corrected chi connectivity index (χ1v) is 7.80. The highest BCUT2D eigenvalue weighted by Gasteiger charge is 2.19. The number of rotatable bonds is 5. The summed E-state index contributed by atoms with van der Waals surface area (Å²) in [6, 6.07) is 12.2. The molecule has 0 spiro atoms. The molecule has 0 aliphatic heterocycles. The van der Waals surface area contributed by atoms with Crippen molar-refractivity contribution in [2.75, 3.05) is 11.9 Å².